The lowest BCUT2D eigenvalue weighted by Crippen LogP contribution is -2.06. The van der Waals surface area contributed by atoms with Crippen LogP contribution in [0.25, 0.3) is 10.9 Å². The Morgan fingerprint density at radius 2 is 2.00 bits per heavy atom. The van der Waals surface area contributed by atoms with Gasteiger partial charge in [0.05, 0.1) is 17.8 Å². The van der Waals surface area contributed by atoms with Gasteiger partial charge in [-0.3, -0.25) is 4.68 Å². The summed E-state index contributed by atoms with van der Waals surface area (Å²) in [5.41, 5.74) is 2.27. The number of hydrogen-bond donors (Lipinski definition) is 0. The second kappa shape index (κ2) is 4.53. The van der Waals surface area contributed by atoms with Gasteiger partial charge in [-0.25, -0.2) is 4.98 Å². The number of nitrogens with zero attached hydrogens (tertiary/aromatic N) is 4. The molecule has 0 aliphatic heterocycles. The quantitative estimate of drug-likeness (QED) is 0.720. The predicted octanol–water partition coefficient (Wildman–Crippen LogP) is 2.94. The zero-order valence-corrected chi connectivity index (χ0v) is 11.5. The summed E-state index contributed by atoms with van der Waals surface area (Å²) >= 11 is 0. The van der Waals surface area contributed by atoms with Gasteiger partial charge < -0.3 is 4.57 Å². The molecular formula is C15H18N4. The average molecular weight is 254 g/mol. The minimum atomic E-state index is 0.421. The van der Waals surface area contributed by atoms with E-state index in [1.54, 1.807) is 0 Å². The van der Waals surface area contributed by atoms with Gasteiger partial charge in [0.25, 0.3) is 0 Å². The van der Waals surface area contributed by atoms with E-state index in [0.29, 0.717) is 5.92 Å². The van der Waals surface area contributed by atoms with Gasteiger partial charge in [0.1, 0.15) is 5.82 Å². The van der Waals surface area contributed by atoms with Crippen molar-refractivity contribution in [2.45, 2.75) is 26.3 Å². The first-order chi connectivity index (χ1) is 9.16. The largest absolute Gasteiger partial charge is 0.329 e. The molecular weight excluding hydrogens is 236 g/mol. The number of fused-ring (bicyclic) bond motifs is 1. The lowest BCUT2D eigenvalue weighted by atomic mass is 10.2. The molecule has 0 N–H and O–H groups in total. The number of hydrogen-bond acceptors (Lipinski definition) is 2. The van der Waals surface area contributed by atoms with Crippen LogP contribution in [-0.2, 0) is 13.6 Å². The fourth-order valence-corrected chi connectivity index (χ4v) is 2.52. The molecule has 0 fully saturated rings. The molecule has 3 rings (SSSR count). The van der Waals surface area contributed by atoms with E-state index in [0.717, 1.165) is 18.1 Å². The van der Waals surface area contributed by atoms with Crippen molar-refractivity contribution in [2.24, 2.45) is 7.05 Å². The zero-order valence-electron chi connectivity index (χ0n) is 11.5. The van der Waals surface area contributed by atoms with Crippen LogP contribution in [0.2, 0.25) is 0 Å². The maximum absolute atomic E-state index is 4.63. The first kappa shape index (κ1) is 12.0. The van der Waals surface area contributed by atoms with Gasteiger partial charge in [0, 0.05) is 30.7 Å². The van der Waals surface area contributed by atoms with Crippen molar-refractivity contribution >= 4 is 10.9 Å². The standard InChI is InChI=1S/C15H18N4/c1-11(2)15-16-8-9-19(15)10-13-12-6-4-5-7-14(12)18(3)17-13/h4-9,11H,10H2,1-3H3. The SMILES string of the molecule is CC(C)c1nccn1Cc1nn(C)c2ccccc12. The van der Waals surface area contributed by atoms with E-state index in [-0.39, 0.29) is 0 Å². The molecule has 98 valence electrons. The Morgan fingerprint density at radius 1 is 1.21 bits per heavy atom. The van der Waals surface area contributed by atoms with Crippen LogP contribution >= 0.6 is 0 Å². The maximum atomic E-state index is 4.63. The van der Waals surface area contributed by atoms with Crippen molar-refractivity contribution in [1.82, 2.24) is 19.3 Å². The molecule has 0 amide bonds. The molecule has 1 aromatic carbocycles. The molecule has 0 saturated heterocycles. The highest BCUT2D eigenvalue weighted by Crippen LogP contribution is 2.20. The van der Waals surface area contributed by atoms with E-state index < -0.39 is 0 Å². The monoisotopic (exact) mass is 254 g/mol. The first-order valence-corrected chi connectivity index (χ1v) is 6.58. The third-order valence-corrected chi connectivity index (χ3v) is 3.42. The Hall–Kier alpha value is -2.10. The molecule has 0 unspecified atom stereocenters. The zero-order chi connectivity index (χ0) is 13.4. The van der Waals surface area contributed by atoms with Crippen LogP contribution in [0.4, 0.5) is 0 Å². The summed E-state index contributed by atoms with van der Waals surface area (Å²) in [4.78, 5) is 4.43. The topological polar surface area (TPSA) is 35.6 Å². The molecule has 0 atom stereocenters. The number of benzene rings is 1. The molecule has 3 aromatic rings. The molecule has 2 aromatic heterocycles. The van der Waals surface area contributed by atoms with E-state index in [9.17, 15) is 0 Å². The number of aromatic nitrogens is 4. The predicted molar refractivity (Wildman–Crippen MR) is 76.1 cm³/mol. The molecule has 0 spiro atoms. The Bertz CT molecular complexity index is 706. The molecule has 19 heavy (non-hydrogen) atoms. The Kier molecular flexibility index (Phi) is 2.85. The number of para-hydroxylation sites is 1. The summed E-state index contributed by atoms with van der Waals surface area (Å²) in [6.45, 7) is 5.10. The van der Waals surface area contributed by atoms with Gasteiger partial charge in [-0.2, -0.15) is 5.10 Å². The molecule has 0 aliphatic rings. The summed E-state index contributed by atoms with van der Waals surface area (Å²) < 4.78 is 4.12. The Labute approximate surface area is 112 Å². The summed E-state index contributed by atoms with van der Waals surface area (Å²) in [7, 11) is 1.99. The average Bonchev–Trinajstić information content (AvgIpc) is 2.97. The van der Waals surface area contributed by atoms with Crippen molar-refractivity contribution in [3.05, 3.63) is 48.2 Å². The highest BCUT2D eigenvalue weighted by atomic mass is 15.3. The Morgan fingerprint density at radius 3 is 2.79 bits per heavy atom. The lowest BCUT2D eigenvalue weighted by Gasteiger charge is -2.08. The van der Waals surface area contributed by atoms with Crippen molar-refractivity contribution in [2.75, 3.05) is 0 Å². The van der Waals surface area contributed by atoms with Gasteiger partial charge in [-0.1, -0.05) is 32.0 Å². The normalized spacial score (nSPS) is 11.6. The van der Waals surface area contributed by atoms with Crippen LogP contribution in [0.5, 0.6) is 0 Å². The van der Waals surface area contributed by atoms with E-state index in [1.807, 2.05) is 30.2 Å². The van der Waals surface area contributed by atoms with Crippen molar-refractivity contribution < 1.29 is 0 Å². The van der Waals surface area contributed by atoms with Crippen molar-refractivity contribution in [3.63, 3.8) is 0 Å². The Balaban J connectivity index is 2.04. The fourth-order valence-electron chi connectivity index (χ4n) is 2.52. The van der Waals surface area contributed by atoms with E-state index in [4.69, 9.17) is 0 Å². The third kappa shape index (κ3) is 2.03. The first-order valence-electron chi connectivity index (χ1n) is 6.58. The molecule has 0 aliphatic carbocycles. The summed E-state index contributed by atoms with van der Waals surface area (Å²) in [5.74, 6) is 1.53. The number of aryl methyl sites for hydroxylation is 1. The minimum Gasteiger partial charge on any atom is -0.329 e. The van der Waals surface area contributed by atoms with Crippen LogP contribution in [0.1, 0.15) is 31.3 Å². The van der Waals surface area contributed by atoms with Crippen LogP contribution in [0.15, 0.2) is 36.7 Å². The summed E-state index contributed by atoms with van der Waals surface area (Å²) in [5, 5.41) is 5.85. The van der Waals surface area contributed by atoms with Crippen molar-refractivity contribution in [1.29, 1.82) is 0 Å². The highest BCUT2D eigenvalue weighted by molar-refractivity contribution is 5.81. The lowest BCUT2D eigenvalue weighted by molar-refractivity contribution is 0.650. The molecule has 4 nitrogen and oxygen atoms in total. The molecule has 0 radical (unpaired) electrons. The molecule has 4 heteroatoms. The van der Waals surface area contributed by atoms with Crippen LogP contribution in [0.3, 0.4) is 0 Å². The van der Waals surface area contributed by atoms with E-state index in [2.05, 4.69) is 46.7 Å². The summed E-state index contributed by atoms with van der Waals surface area (Å²) in [6, 6.07) is 8.34. The fraction of sp³-hybridized carbons (Fsp3) is 0.333. The van der Waals surface area contributed by atoms with Crippen LogP contribution in [0, 0.1) is 0 Å². The van der Waals surface area contributed by atoms with E-state index >= 15 is 0 Å². The second-order valence-corrected chi connectivity index (χ2v) is 5.16. The highest BCUT2D eigenvalue weighted by Gasteiger charge is 2.12. The van der Waals surface area contributed by atoms with Gasteiger partial charge in [-0.15, -0.1) is 0 Å². The molecule has 2 heterocycles. The number of rotatable bonds is 3. The van der Waals surface area contributed by atoms with Gasteiger partial charge >= 0.3 is 0 Å². The van der Waals surface area contributed by atoms with E-state index in [1.165, 1.54) is 10.9 Å². The van der Waals surface area contributed by atoms with Gasteiger partial charge in [0.15, 0.2) is 0 Å². The smallest absolute Gasteiger partial charge is 0.111 e. The van der Waals surface area contributed by atoms with Crippen LogP contribution in [-0.4, -0.2) is 19.3 Å². The van der Waals surface area contributed by atoms with Crippen LogP contribution < -0.4 is 0 Å². The summed E-state index contributed by atoms with van der Waals surface area (Å²) in [6.07, 6.45) is 3.89. The van der Waals surface area contributed by atoms with Gasteiger partial charge in [-0.05, 0) is 6.07 Å². The molecule has 0 saturated carbocycles. The molecule has 0 bridgehead atoms. The maximum Gasteiger partial charge on any atom is 0.111 e. The minimum absolute atomic E-state index is 0.421. The third-order valence-electron chi connectivity index (χ3n) is 3.42. The number of imidazole rings is 1. The van der Waals surface area contributed by atoms with Gasteiger partial charge in [0.2, 0.25) is 0 Å². The second-order valence-electron chi connectivity index (χ2n) is 5.16. The van der Waals surface area contributed by atoms with Crippen molar-refractivity contribution in [3.8, 4) is 0 Å².